The molecule has 0 atom stereocenters. The van der Waals surface area contributed by atoms with Crippen LogP contribution in [0.15, 0.2) is 53.7 Å². The van der Waals surface area contributed by atoms with Crippen LogP contribution in [0.2, 0.25) is 0 Å². The number of amides is 3. The van der Waals surface area contributed by atoms with Gasteiger partial charge in [-0.25, -0.2) is 9.78 Å². The highest BCUT2D eigenvalue weighted by molar-refractivity contribution is 7.99. The van der Waals surface area contributed by atoms with E-state index in [1.807, 2.05) is 42.5 Å². The van der Waals surface area contributed by atoms with E-state index in [1.165, 1.54) is 0 Å². The Bertz CT molecular complexity index is 759. The van der Waals surface area contributed by atoms with Crippen molar-refractivity contribution >= 4 is 35.1 Å². The van der Waals surface area contributed by atoms with Gasteiger partial charge in [0.1, 0.15) is 0 Å². The maximum absolute atomic E-state index is 12.5. The second-order valence-corrected chi connectivity index (χ2v) is 7.65. The molecular weight excluding hydrogens is 360 g/mol. The standard InChI is InChI=1S/C20H24N4O2S/c1-2-27-18-9-8-17(14-21-18)22-19(25)15-10-12-24(13-11-15)20(26)23-16-6-4-3-5-7-16/h3-9,14-15H,2,10-13H2,1H3,(H,22,25)(H,23,26). The molecule has 2 heterocycles. The number of benzene rings is 1. The quantitative estimate of drug-likeness (QED) is 0.762. The fourth-order valence-corrected chi connectivity index (χ4v) is 3.59. The van der Waals surface area contributed by atoms with Crippen LogP contribution in [-0.2, 0) is 4.79 Å². The van der Waals surface area contributed by atoms with Gasteiger partial charge in [-0.05, 0) is 42.9 Å². The number of piperidine rings is 1. The second-order valence-electron chi connectivity index (χ2n) is 6.36. The third-order valence-electron chi connectivity index (χ3n) is 4.47. The molecule has 0 aliphatic carbocycles. The fraction of sp³-hybridized carbons (Fsp3) is 0.350. The first-order valence-corrected chi connectivity index (χ1v) is 10.1. The van der Waals surface area contributed by atoms with E-state index in [0.29, 0.717) is 31.6 Å². The van der Waals surface area contributed by atoms with Crippen molar-refractivity contribution < 1.29 is 9.59 Å². The lowest BCUT2D eigenvalue weighted by Gasteiger charge is -2.31. The molecule has 1 saturated heterocycles. The number of rotatable bonds is 5. The number of nitrogens with zero attached hydrogens (tertiary/aromatic N) is 2. The number of carbonyl (C=O) groups is 2. The third-order valence-corrected chi connectivity index (χ3v) is 5.30. The van der Waals surface area contributed by atoms with Crippen molar-refractivity contribution in [3.8, 4) is 0 Å². The van der Waals surface area contributed by atoms with Crippen LogP contribution in [-0.4, -0.2) is 40.7 Å². The molecule has 1 aromatic carbocycles. The van der Waals surface area contributed by atoms with Crippen molar-refractivity contribution in [2.24, 2.45) is 5.92 Å². The lowest BCUT2D eigenvalue weighted by Crippen LogP contribution is -2.43. The van der Waals surface area contributed by atoms with E-state index >= 15 is 0 Å². The zero-order chi connectivity index (χ0) is 19.1. The second kappa shape index (κ2) is 9.41. The molecule has 0 spiro atoms. The van der Waals surface area contributed by atoms with Crippen LogP contribution < -0.4 is 10.6 Å². The zero-order valence-corrected chi connectivity index (χ0v) is 16.2. The van der Waals surface area contributed by atoms with Gasteiger partial charge in [-0.15, -0.1) is 11.8 Å². The maximum Gasteiger partial charge on any atom is 0.321 e. The average molecular weight is 385 g/mol. The number of aromatic nitrogens is 1. The number of urea groups is 1. The van der Waals surface area contributed by atoms with Gasteiger partial charge in [0.25, 0.3) is 0 Å². The van der Waals surface area contributed by atoms with Crippen LogP contribution in [0.5, 0.6) is 0 Å². The lowest BCUT2D eigenvalue weighted by molar-refractivity contribution is -0.121. The van der Waals surface area contributed by atoms with E-state index < -0.39 is 0 Å². The minimum absolute atomic E-state index is 0.00388. The monoisotopic (exact) mass is 384 g/mol. The zero-order valence-electron chi connectivity index (χ0n) is 15.4. The molecule has 7 heteroatoms. The van der Waals surface area contributed by atoms with Gasteiger partial charge in [0.05, 0.1) is 16.9 Å². The fourth-order valence-electron chi connectivity index (χ4n) is 3.00. The maximum atomic E-state index is 12.5. The minimum Gasteiger partial charge on any atom is -0.324 e. The van der Waals surface area contributed by atoms with Crippen molar-refractivity contribution in [3.05, 3.63) is 48.7 Å². The Morgan fingerprint density at radius 3 is 2.44 bits per heavy atom. The Hall–Kier alpha value is -2.54. The lowest BCUT2D eigenvalue weighted by atomic mass is 9.96. The van der Waals surface area contributed by atoms with Gasteiger partial charge in [-0.1, -0.05) is 25.1 Å². The van der Waals surface area contributed by atoms with Gasteiger partial charge in [-0.2, -0.15) is 0 Å². The van der Waals surface area contributed by atoms with Gasteiger partial charge in [0.2, 0.25) is 5.91 Å². The summed E-state index contributed by atoms with van der Waals surface area (Å²) in [6.45, 7) is 3.22. The molecule has 2 N–H and O–H groups in total. The highest BCUT2D eigenvalue weighted by Gasteiger charge is 2.27. The molecule has 1 aliphatic heterocycles. The van der Waals surface area contributed by atoms with Gasteiger partial charge < -0.3 is 15.5 Å². The number of thioether (sulfide) groups is 1. The van der Waals surface area contributed by atoms with Crippen LogP contribution in [0.1, 0.15) is 19.8 Å². The highest BCUT2D eigenvalue weighted by Crippen LogP contribution is 2.21. The molecule has 0 unspecified atom stereocenters. The molecule has 6 nitrogen and oxygen atoms in total. The summed E-state index contributed by atoms with van der Waals surface area (Å²) < 4.78 is 0. The first kappa shape index (κ1) is 19.2. The molecule has 3 rings (SSSR count). The summed E-state index contributed by atoms with van der Waals surface area (Å²) in [7, 11) is 0. The predicted molar refractivity (Wildman–Crippen MR) is 109 cm³/mol. The highest BCUT2D eigenvalue weighted by atomic mass is 32.2. The van der Waals surface area contributed by atoms with Gasteiger partial charge in [-0.3, -0.25) is 4.79 Å². The van der Waals surface area contributed by atoms with Gasteiger partial charge in [0, 0.05) is 24.7 Å². The number of hydrogen-bond donors (Lipinski definition) is 2. The van der Waals surface area contributed by atoms with Crippen LogP contribution in [0.4, 0.5) is 16.2 Å². The Morgan fingerprint density at radius 2 is 1.81 bits per heavy atom. The summed E-state index contributed by atoms with van der Waals surface area (Å²) in [6.07, 6.45) is 3.01. The van der Waals surface area contributed by atoms with Crippen molar-refractivity contribution in [3.63, 3.8) is 0 Å². The molecule has 2 aromatic rings. The minimum atomic E-state index is -0.117. The van der Waals surface area contributed by atoms with Crippen molar-refractivity contribution in [2.75, 3.05) is 29.5 Å². The number of hydrogen-bond acceptors (Lipinski definition) is 4. The smallest absolute Gasteiger partial charge is 0.321 e. The number of carbonyl (C=O) groups excluding carboxylic acids is 2. The molecule has 1 aliphatic rings. The van der Waals surface area contributed by atoms with E-state index in [4.69, 9.17) is 0 Å². The topological polar surface area (TPSA) is 74.3 Å². The molecule has 0 bridgehead atoms. The molecule has 3 amide bonds. The Kier molecular flexibility index (Phi) is 6.70. The van der Waals surface area contributed by atoms with E-state index in [9.17, 15) is 9.59 Å². The average Bonchev–Trinajstić information content (AvgIpc) is 2.70. The number of likely N-dealkylation sites (tertiary alicyclic amines) is 1. The number of para-hydroxylation sites is 1. The van der Waals surface area contributed by atoms with Crippen LogP contribution in [0.25, 0.3) is 0 Å². The number of pyridine rings is 1. The Morgan fingerprint density at radius 1 is 1.07 bits per heavy atom. The molecule has 27 heavy (non-hydrogen) atoms. The third kappa shape index (κ3) is 5.47. The molecule has 0 radical (unpaired) electrons. The van der Waals surface area contributed by atoms with Crippen molar-refractivity contribution in [1.82, 2.24) is 9.88 Å². The van der Waals surface area contributed by atoms with Crippen LogP contribution in [0.3, 0.4) is 0 Å². The molecular formula is C20H24N4O2S. The summed E-state index contributed by atoms with van der Waals surface area (Å²) in [4.78, 5) is 30.9. The number of nitrogens with one attached hydrogen (secondary N) is 2. The first-order valence-electron chi connectivity index (χ1n) is 9.16. The van der Waals surface area contributed by atoms with Gasteiger partial charge in [0.15, 0.2) is 0 Å². The van der Waals surface area contributed by atoms with Crippen LogP contribution >= 0.6 is 11.8 Å². The molecule has 1 fully saturated rings. The summed E-state index contributed by atoms with van der Waals surface area (Å²) in [5, 5.41) is 6.77. The number of anilines is 2. The normalized spacial score (nSPS) is 14.6. The summed E-state index contributed by atoms with van der Waals surface area (Å²) in [5.74, 6) is 0.876. The Balaban J connectivity index is 1.46. The summed E-state index contributed by atoms with van der Waals surface area (Å²) in [6, 6.07) is 13.1. The van der Waals surface area contributed by atoms with Crippen LogP contribution in [0, 0.1) is 5.92 Å². The van der Waals surface area contributed by atoms with E-state index in [0.717, 1.165) is 16.5 Å². The molecule has 0 saturated carbocycles. The molecule has 1 aromatic heterocycles. The van der Waals surface area contributed by atoms with E-state index in [-0.39, 0.29) is 17.9 Å². The SMILES string of the molecule is CCSc1ccc(NC(=O)C2CCN(C(=O)Nc3ccccc3)CC2)cn1. The molecule has 142 valence electrons. The van der Waals surface area contributed by atoms with E-state index in [2.05, 4.69) is 22.5 Å². The van der Waals surface area contributed by atoms with Gasteiger partial charge >= 0.3 is 6.03 Å². The van der Waals surface area contributed by atoms with E-state index in [1.54, 1.807) is 22.9 Å². The summed E-state index contributed by atoms with van der Waals surface area (Å²) in [5.41, 5.74) is 1.49. The largest absolute Gasteiger partial charge is 0.324 e. The predicted octanol–water partition coefficient (Wildman–Crippen LogP) is 4.08. The first-order chi connectivity index (χ1) is 13.2. The summed E-state index contributed by atoms with van der Waals surface area (Å²) >= 11 is 1.67. The Labute approximate surface area is 163 Å². The van der Waals surface area contributed by atoms with Crippen molar-refractivity contribution in [1.29, 1.82) is 0 Å². The van der Waals surface area contributed by atoms with Crippen molar-refractivity contribution in [2.45, 2.75) is 24.8 Å².